The zero-order chi connectivity index (χ0) is 17.5. The summed E-state index contributed by atoms with van der Waals surface area (Å²) in [6, 6.07) is 11.6. The third kappa shape index (κ3) is 3.22. The fourth-order valence-electron chi connectivity index (χ4n) is 2.99. The molecule has 0 unspecified atom stereocenters. The van der Waals surface area contributed by atoms with Crippen LogP contribution in [0.3, 0.4) is 0 Å². The average Bonchev–Trinajstić information content (AvgIpc) is 2.51. The number of benzene rings is 2. The lowest BCUT2D eigenvalue weighted by Gasteiger charge is -2.40. The van der Waals surface area contributed by atoms with Gasteiger partial charge in [0.1, 0.15) is 0 Å². The maximum absolute atomic E-state index is 6.50. The first-order valence-electron chi connectivity index (χ1n) is 7.85. The van der Waals surface area contributed by atoms with Gasteiger partial charge >= 0.3 is 0 Å². The molecule has 2 aromatic carbocycles. The van der Waals surface area contributed by atoms with Gasteiger partial charge in [0, 0.05) is 35.1 Å². The van der Waals surface area contributed by atoms with Crippen molar-refractivity contribution in [2.24, 2.45) is 4.99 Å². The summed E-state index contributed by atoms with van der Waals surface area (Å²) in [5.74, 6) is 0. The van der Waals surface area contributed by atoms with E-state index in [0.717, 1.165) is 16.9 Å². The molecule has 0 saturated heterocycles. The topological polar surface area (TPSA) is 15.6 Å². The van der Waals surface area contributed by atoms with Gasteiger partial charge in [-0.25, -0.2) is 0 Å². The van der Waals surface area contributed by atoms with Crippen LogP contribution in [-0.2, 0) is 0 Å². The predicted octanol–water partition coefficient (Wildman–Crippen LogP) is 6.38. The monoisotopic (exact) mass is 358 g/mol. The van der Waals surface area contributed by atoms with E-state index in [1.54, 1.807) is 6.21 Å². The highest BCUT2D eigenvalue weighted by Crippen LogP contribution is 2.40. The van der Waals surface area contributed by atoms with Gasteiger partial charge in [-0.3, -0.25) is 4.99 Å². The van der Waals surface area contributed by atoms with Gasteiger partial charge in [0.05, 0.1) is 16.2 Å². The lowest BCUT2D eigenvalue weighted by molar-refractivity contribution is 0.598. The molecular weight excluding hydrogens is 339 g/mol. The maximum atomic E-state index is 6.50. The van der Waals surface area contributed by atoms with Gasteiger partial charge in [0.2, 0.25) is 0 Å². The van der Waals surface area contributed by atoms with Crippen LogP contribution in [-0.4, -0.2) is 18.8 Å². The summed E-state index contributed by atoms with van der Waals surface area (Å²) in [7, 11) is 2.10. The number of rotatable bonds is 2. The molecule has 24 heavy (non-hydrogen) atoms. The number of halogens is 2. The van der Waals surface area contributed by atoms with E-state index in [1.807, 2.05) is 30.3 Å². The van der Waals surface area contributed by atoms with Crippen molar-refractivity contribution in [3.05, 3.63) is 63.6 Å². The quantitative estimate of drug-likeness (QED) is 0.569. The lowest BCUT2D eigenvalue weighted by atomic mass is 9.88. The predicted molar refractivity (Wildman–Crippen MR) is 106 cm³/mol. The second-order valence-corrected chi connectivity index (χ2v) is 7.51. The van der Waals surface area contributed by atoms with E-state index < -0.39 is 0 Å². The Balaban J connectivity index is 2.02. The van der Waals surface area contributed by atoms with Crippen LogP contribution in [0.5, 0.6) is 0 Å². The number of hydrogen-bond donors (Lipinski definition) is 0. The van der Waals surface area contributed by atoms with Gasteiger partial charge in [-0.1, -0.05) is 35.3 Å². The molecule has 0 saturated carbocycles. The van der Waals surface area contributed by atoms with E-state index in [1.165, 1.54) is 11.1 Å². The van der Waals surface area contributed by atoms with Crippen LogP contribution in [0.25, 0.3) is 5.57 Å². The Morgan fingerprint density at radius 3 is 2.58 bits per heavy atom. The standard InChI is InChI=1S/C20H20Cl2N2/c1-13-11-20(2,3)24(4)19-10-18(22)14(8-17(13)19)12-23-16-7-5-6-15(21)9-16/h5-12H,1-4H3. The first-order chi connectivity index (χ1) is 11.3. The normalized spacial score (nSPS) is 16.2. The molecule has 0 spiro atoms. The Hall–Kier alpha value is -1.77. The molecule has 2 nitrogen and oxygen atoms in total. The molecule has 0 N–H and O–H groups in total. The molecule has 2 aromatic rings. The van der Waals surface area contributed by atoms with Crippen molar-refractivity contribution in [1.29, 1.82) is 0 Å². The number of hydrogen-bond acceptors (Lipinski definition) is 2. The number of aliphatic imine (C=N–C) groups is 1. The van der Waals surface area contributed by atoms with Gasteiger partial charge < -0.3 is 4.90 Å². The molecule has 1 aliphatic rings. The second-order valence-electron chi connectivity index (χ2n) is 6.67. The summed E-state index contributed by atoms with van der Waals surface area (Å²) in [6.07, 6.45) is 4.07. The van der Waals surface area contributed by atoms with E-state index in [4.69, 9.17) is 23.2 Å². The largest absolute Gasteiger partial charge is 0.365 e. The van der Waals surface area contributed by atoms with Gasteiger partial charge in [0.15, 0.2) is 0 Å². The Kier molecular flexibility index (Phi) is 4.46. The van der Waals surface area contributed by atoms with Gasteiger partial charge in [-0.05, 0) is 56.7 Å². The molecule has 0 aliphatic carbocycles. The summed E-state index contributed by atoms with van der Waals surface area (Å²) in [6.45, 7) is 6.53. The Morgan fingerprint density at radius 1 is 1.12 bits per heavy atom. The van der Waals surface area contributed by atoms with Crippen molar-refractivity contribution >= 4 is 46.4 Å². The number of anilines is 1. The Labute approximate surface area is 153 Å². The van der Waals surface area contributed by atoms with Crippen LogP contribution in [0.2, 0.25) is 10.0 Å². The smallest absolute Gasteiger partial charge is 0.0644 e. The van der Waals surface area contributed by atoms with Gasteiger partial charge in [-0.2, -0.15) is 0 Å². The SMILES string of the molecule is CC1=CC(C)(C)N(C)c2cc(Cl)c(C=Nc3cccc(Cl)c3)cc21. The van der Waals surface area contributed by atoms with Crippen molar-refractivity contribution in [3.63, 3.8) is 0 Å². The fourth-order valence-corrected chi connectivity index (χ4v) is 3.38. The van der Waals surface area contributed by atoms with Crippen LogP contribution in [0.15, 0.2) is 47.5 Å². The maximum Gasteiger partial charge on any atom is 0.0644 e. The molecule has 124 valence electrons. The summed E-state index contributed by atoms with van der Waals surface area (Å²) in [5.41, 5.74) is 5.26. The molecular formula is C20H20Cl2N2. The number of nitrogens with zero attached hydrogens (tertiary/aromatic N) is 2. The van der Waals surface area contributed by atoms with Crippen LogP contribution in [0, 0.1) is 0 Å². The Bertz CT molecular complexity index is 851. The summed E-state index contributed by atoms with van der Waals surface area (Å²) >= 11 is 12.5. The third-order valence-electron chi connectivity index (χ3n) is 4.50. The van der Waals surface area contributed by atoms with E-state index >= 15 is 0 Å². The first-order valence-corrected chi connectivity index (χ1v) is 8.60. The number of fused-ring (bicyclic) bond motifs is 1. The van der Waals surface area contributed by atoms with Crippen molar-refractivity contribution < 1.29 is 0 Å². The lowest BCUT2D eigenvalue weighted by Crippen LogP contribution is -2.42. The van der Waals surface area contributed by atoms with E-state index in [2.05, 4.69) is 49.9 Å². The van der Waals surface area contributed by atoms with Crippen molar-refractivity contribution in [2.75, 3.05) is 11.9 Å². The zero-order valence-corrected chi connectivity index (χ0v) is 15.8. The minimum Gasteiger partial charge on any atom is -0.365 e. The van der Waals surface area contributed by atoms with Crippen LogP contribution >= 0.6 is 23.2 Å². The highest BCUT2D eigenvalue weighted by molar-refractivity contribution is 6.33. The van der Waals surface area contributed by atoms with E-state index in [0.29, 0.717) is 10.0 Å². The first kappa shape index (κ1) is 17.1. The molecule has 0 bridgehead atoms. The molecule has 0 fully saturated rings. The molecule has 3 rings (SSSR count). The fraction of sp³-hybridized carbons (Fsp3) is 0.250. The molecule has 1 aliphatic heterocycles. The minimum atomic E-state index is -0.0309. The number of likely N-dealkylation sites (N-methyl/N-ethyl adjacent to an activating group) is 1. The van der Waals surface area contributed by atoms with Crippen molar-refractivity contribution in [1.82, 2.24) is 0 Å². The number of allylic oxidation sites excluding steroid dienone is 1. The molecule has 0 aromatic heterocycles. The molecule has 0 atom stereocenters. The molecule has 4 heteroatoms. The second kappa shape index (κ2) is 6.27. The minimum absolute atomic E-state index is 0.0309. The summed E-state index contributed by atoms with van der Waals surface area (Å²) < 4.78 is 0. The molecule has 1 heterocycles. The Morgan fingerprint density at radius 2 is 1.88 bits per heavy atom. The zero-order valence-electron chi connectivity index (χ0n) is 14.3. The molecule has 0 radical (unpaired) electrons. The van der Waals surface area contributed by atoms with Crippen LogP contribution < -0.4 is 4.90 Å². The summed E-state index contributed by atoms with van der Waals surface area (Å²) in [4.78, 5) is 6.74. The highest BCUT2D eigenvalue weighted by Gasteiger charge is 2.28. The van der Waals surface area contributed by atoms with Gasteiger partial charge in [-0.15, -0.1) is 0 Å². The van der Waals surface area contributed by atoms with Crippen molar-refractivity contribution in [3.8, 4) is 0 Å². The average molecular weight is 359 g/mol. The molecule has 0 amide bonds. The van der Waals surface area contributed by atoms with Crippen LogP contribution in [0.1, 0.15) is 31.9 Å². The van der Waals surface area contributed by atoms with E-state index in [-0.39, 0.29) is 5.54 Å². The highest BCUT2D eigenvalue weighted by atomic mass is 35.5. The summed E-state index contributed by atoms with van der Waals surface area (Å²) in [5, 5.41) is 1.36. The van der Waals surface area contributed by atoms with Crippen LogP contribution in [0.4, 0.5) is 11.4 Å². The van der Waals surface area contributed by atoms with E-state index in [9.17, 15) is 0 Å². The van der Waals surface area contributed by atoms with Gasteiger partial charge in [0.25, 0.3) is 0 Å². The van der Waals surface area contributed by atoms with Crippen molar-refractivity contribution in [2.45, 2.75) is 26.3 Å². The third-order valence-corrected chi connectivity index (χ3v) is 5.06.